The molecule has 0 aromatic heterocycles. The lowest BCUT2D eigenvalue weighted by atomic mass is 10.0. The number of aliphatic imine (C=N–C) groups is 1. The van der Waals surface area contributed by atoms with Gasteiger partial charge < -0.3 is 16.0 Å². The number of amides is 2. The first-order chi connectivity index (χ1) is 17.7. The quantitative estimate of drug-likeness (QED) is 0.452. The molecule has 0 spiro atoms. The molecule has 1 saturated heterocycles. The second-order valence-corrected chi connectivity index (χ2v) is 11.2. The van der Waals surface area contributed by atoms with E-state index in [1.165, 1.54) is 0 Å². The van der Waals surface area contributed by atoms with Crippen LogP contribution in [-0.4, -0.2) is 47.8 Å². The molecule has 2 amide bonds. The van der Waals surface area contributed by atoms with Crippen LogP contribution in [-0.2, 0) is 0 Å². The van der Waals surface area contributed by atoms with Gasteiger partial charge in [0, 0.05) is 48.2 Å². The van der Waals surface area contributed by atoms with E-state index in [-0.39, 0.29) is 29.7 Å². The summed E-state index contributed by atoms with van der Waals surface area (Å²) in [5, 5.41) is 7.68. The van der Waals surface area contributed by atoms with E-state index in [2.05, 4.69) is 42.1 Å². The summed E-state index contributed by atoms with van der Waals surface area (Å²) in [5.41, 5.74) is 10.6. The molecule has 2 aromatic rings. The molecule has 4 atom stereocenters. The van der Waals surface area contributed by atoms with Crippen molar-refractivity contribution in [3.63, 3.8) is 0 Å². The molecule has 7 nitrogen and oxygen atoms in total. The Kier molecular flexibility index (Phi) is 8.70. The van der Waals surface area contributed by atoms with Gasteiger partial charge in [-0.05, 0) is 73.5 Å². The normalized spacial score (nSPS) is 22.0. The van der Waals surface area contributed by atoms with E-state index < -0.39 is 0 Å². The van der Waals surface area contributed by atoms with Gasteiger partial charge in [-0.25, -0.2) is 0 Å². The minimum atomic E-state index is -0.213. The topological polar surface area (TPSA) is 99.8 Å². The van der Waals surface area contributed by atoms with Crippen LogP contribution in [0.4, 0.5) is 5.69 Å². The molecule has 0 bridgehead atoms. The van der Waals surface area contributed by atoms with Gasteiger partial charge in [0.05, 0.1) is 11.5 Å². The SMILES string of the molecule is C=C1PC(NC(C)c2cccc(NC(=O)c3ccc(C(=O)N4CC[C@@H](N)C4)c(C)c3)c2)C=N/C1=C/CC. The van der Waals surface area contributed by atoms with Gasteiger partial charge >= 0.3 is 0 Å². The number of anilines is 1. The number of allylic oxidation sites excluding steroid dienone is 2. The fourth-order valence-corrected chi connectivity index (χ4v) is 5.80. The smallest absolute Gasteiger partial charge is 0.255 e. The Morgan fingerprint density at radius 3 is 2.78 bits per heavy atom. The van der Waals surface area contributed by atoms with E-state index in [1.54, 1.807) is 23.1 Å². The molecule has 1 fully saturated rings. The number of carbonyl (C=O) groups excluding carboxylic acids is 2. The van der Waals surface area contributed by atoms with Gasteiger partial charge in [-0.15, -0.1) is 0 Å². The van der Waals surface area contributed by atoms with Crippen LogP contribution in [0, 0.1) is 6.92 Å². The molecule has 4 N–H and O–H groups in total. The number of rotatable bonds is 7. The molecule has 2 aliphatic heterocycles. The predicted molar refractivity (Wildman–Crippen MR) is 154 cm³/mol. The maximum atomic E-state index is 13.0. The lowest BCUT2D eigenvalue weighted by molar-refractivity contribution is 0.0789. The van der Waals surface area contributed by atoms with Crippen LogP contribution in [0.5, 0.6) is 0 Å². The van der Waals surface area contributed by atoms with Crippen molar-refractivity contribution in [2.75, 3.05) is 18.4 Å². The number of nitrogens with two attached hydrogens (primary N) is 1. The highest BCUT2D eigenvalue weighted by Gasteiger charge is 2.26. The van der Waals surface area contributed by atoms with Gasteiger partial charge in [-0.2, -0.15) is 0 Å². The molecule has 4 rings (SSSR count). The Balaban J connectivity index is 1.39. The monoisotopic (exact) mass is 517 g/mol. The second kappa shape index (κ2) is 12.0. The Morgan fingerprint density at radius 1 is 1.30 bits per heavy atom. The van der Waals surface area contributed by atoms with Crippen molar-refractivity contribution in [2.45, 2.75) is 51.5 Å². The van der Waals surface area contributed by atoms with Crippen molar-refractivity contribution in [3.05, 3.63) is 88.4 Å². The van der Waals surface area contributed by atoms with Crippen molar-refractivity contribution in [3.8, 4) is 0 Å². The third-order valence-corrected chi connectivity index (χ3v) is 7.94. The van der Waals surface area contributed by atoms with Gasteiger partial charge in [0.15, 0.2) is 0 Å². The van der Waals surface area contributed by atoms with Crippen LogP contribution >= 0.6 is 8.58 Å². The molecule has 3 unspecified atom stereocenters. The summed E-state index contributed by atoms with van der Waals surface area (Å²) in [6.45, 7) is 11.5. The van der Waals surface area contributed by atoms with Gasteiger partial charge in [0.2, 0.25) is 0 Å². The third kappa shape index (κ3) is 6.61. The zero-order valence-corrected chi connectivity index (χ0v) is 22.8. The largest absolute Gasteiger partial charge is 0.337 e. The molecule has 37 heavy (non-hydrogen) atoms. The molecule has 0 saturated carbocycles. The summed E-state index contributed by atoms with van der Waals surface area (Å²) >= 11 is 0. The highest BCUT2D eigenvalue weighted by molar-refractivity contribution is 7.45. The molecule has 0 radical (unpaired) electrons. The van der Waals surface area contributed by atoms with Crippen LogP contribution in [0.3, 0.4) is 0 Å². The summed E-state index contributed by atoms with van der Waals surface area (Å²) in [7, 11) is 0.539. The van der Waals surface area contributed by atoms with Crippen LogP contribution in [0.25, 0.3) is 0 Å². The summed E-state index contributed by atoms with van der Waals surface area (Å²) in [6.07, 6.45) is 5.83. The van der Waals surface area contributed by atoms with Gasteiger partial charge in [-0.1, -0.05) is 40.3 Å². The Morgan fingerprint density at radius 2 is 2.11 bits per heavy atom. The Labute approximate surface area is 221 Å². The Hall–Kier alpha value is -3.12. The summed E-state index contributed by atoms with van der Waals surface area (Å²) in [6, 6.07) is 13.2. The van der Waals surface area contributed by atoms with Gasteiger partial charge in [-0.3, -0.25) is 19.9 Å². The van der Waals surface area contributed by atoms with E-state index in [9.17, 15) is 9.59 Å². The lowest BCUT2D eigenvalue weighted by Gasteiger charge is -2.25. The molecule has 0 aliphatic carbocycles. The first-order valence-electron chi connectivity index (χ1n) is 12.8. The Bertz CT molecular complexity index is 1250. The summed E-state index contributed by atoms with van der Waals surface area (Å²) in [5.74, 6) is -0.109. The maximum Gasteiger partial charge on any atom is 0.255 e. The third-order valence-electron chi connectivity index (χ3n) is 6.70. The zero-order chi connectivity index (χ0) is 26.5. The number of hydrogen-bond donors (Lipinski definition) is 3. The average Bonchev–Trinajstić information content (AvgIpc) is 3.31. The van der Waals surface area contributed by atoms with Crippen LogP contribution in [0.15, 0.2) is 71.1 Å². The highest BCUT2D eigenvalue weighted by Crippen LogP contribution is 2.37. The van der Waals surface area contributed by atoms with Crippen LogP contribution in [0.1, 0.15) is 64.6 Å². The van der Waals surface area contributed by atoms with E-state index >= 15 is 0 Å². The summed E-state index contributed by atoms with van der Waals surface area (Å²) < 4.78 is 0. The standard InChI is InChI=1S/C29H36N5O2P/c1-5-7-26-20(4)37-27(16-31-26)32-19(3)21-8-6-9-24(15-21)33-28(35)22-10-11-25(18(2)14-22)29(36)34-13-12-23(30)17-34/h6-11,14-16,19,23,27,32,37H,4-5,12-13,17,30H2,1-3H3,(H,33,35)/b26-7+/t19?,23-,27?/m1/s1. The van der Waals surface area contributed by atoms with E-state index in [4.69, 9.17) is 5.73 Å². The number of carbonyl (C=O) groups is 2. The zero-order valence-electron chi connectivity index (χ0n) is 21.8. The number of likely N-dealkylation sites (tertiary alicyclic amines) is 1. The van der Waals surface area contributed by atoms with Gasteiger partial charge in [0.1, 0.15) is 0 Å². The number of aryl methyl sites for hydroxylation is 1. The average molecular weight is 518 g/mol. The van der Waals surface area contributed by atoms with Crippen molar-refractivity contribution >= 4 is 32.3 Å². The molecule has 8 heteroatoms. The molecule has 2 aromatic carbocycles. The molecular weight excluding hydrogens is 481 g/mol. The van der Waals surface area contributed by atoms with E-state index in [0.717, 1.165) is 40.7 Å². The molecule has 2 heterocycles. The lowest BCUT2D eigenvalue weighted by Crippen LogP contribution is -2.32. The van der Waals surface area contributed by atoms with Crippen molar-refractivity contribution < 1.29 is 9.59 Å². The maximum absolute atomic E-state index is 13.0. The fraction of sp³-hybridized carbons (Fsp3) is 0.345. The van der Waals surface area contributed by atoms with Crippen molar-refractivity contribution in [1.29, 1.82) is 0 Å². The number of hydrogen-bond acceptors (Lipinski definition) is 5. The molecule has 194 valence electrons. The fourth-order valence-electron chi connectivity index (χ4n) is 4.63. The van der Waals surface area contributed by atoms with E-state index in [1.807, 2.05) is 37.4 Å². The van der Waals surface area contributed by atoms with Crippen molar-refractivity contribution in [1.82, 2.24) is 10.2 Å². The van der Waals surface area contributed by atoms with E-state index in [0.29, 0.717) is 32.8 Å². The number of nitrogens with one attached hydrogen (secondary N) is 2. The number of benzene rings is 2. The summed E-state index contributed by atoms with van der Waals surface area (Å²) in [4.78, 5) is 32.2. The minimum Gasteiger partial charge on any atom is -0.337 e. The van der Waals surface area contributed by atoms with Crippen LogP contribution in [0.2, 0.25) is 0 Å². The first-order valence-corrected chi connectivity index (χ1v) is 13.9. The van der Waals surface area contributed by atoms with Gasteiger partial charge in [0.25, 0.3) is 11.8 Å². The molecular formula is C29H36N5O2P. The van der Waals surface area contributed by atoms with Crippen LogP contribution < -0.4 is 16.4 Å². The highest BCUT2D eigenvalue weighted by atomic mass is 31.1. The molecule has 2 aliphatic rings. The second-order valence-electron chi connectivity index (χ2n) is 9.67. The van der Waals surface area contributed by atoms with Crippen molar-refractivity contribution in [2.24, 2.45) is 10.7 Å². The number of nitrogens with zero attached hydrogens (tertiary/aromatic N) is 2. The predicted octanol–water partition coefficient (Wildman–Crippen LogP) is 4.97. The minimum absolute atomic E-state index is 0.0311. The first kappa shape index (κ1) is 26.9.